The summed E-state index contributed by atoms with van der Waals surface area (Å²) in [4.78, 5) is 24.9. The van der Waals surface area contributed by atoms with E-state index in [4.69, 9.17) is 4.74 Å². The Morgan fingerprint density at radius 2 is 2.30 bits per heavy atom. The van der Waals surface area contributed by atoms with Crippen LogP contribution in [0.1, 0.15) is 6.92 Å². The van der Waals surface area contributed by atoms with Gasteiger partial charge < -0.3 is 14.4 Å². The topological polar surface area (TPSA) is 55.8 Å². The van der Waals surface area contributed by atoms with E-state index in [1.165, 1.54) is 7.11 Å². The maximum absolute atomic E-state index is 12.0. The molecule has 1 aromatic rings. The number of fused-ring (bicyclic) bond motifs is 1. The lowest BCUT2D eigenvalue weighted by atomic mass is 10.2. The molecular weight excluding hydrogens is 326 g/mol. The van der Waals surface area contributed by atoms with Crippen molar-refractivity contribution in [2.75, 3.05) is 25.2 Å². The molecule has 20 heavy (non-hydrogen) atoms. The van der Waals surface area contributed by atoms with E-state index >= 15 is 0 Å². The van der Waals surface area contributed by atoms with E-state index in [2.05, 4.69) is 20.7 Å². The van der Waals surface area contributed by atoms with Gasteiger partial charge in [-0.2, -0.15) is 0 Å². The first-order chi connectivity index (χ1) is 9.52. The van der Waals surface area contributed by atoms with Crippen LogP contribution in [0.3, 0.4) is 0 Å². The van der Waals surface area contributed by atoms with E-state index in [0.29, 0.717) is 23.6 Å². The normalized spacial score (nSPS) is 14.7. The van der Waals surface area contributed by atoms with Crippen molar-refractivity contribution in [3.63, 3.8) is 0 Å². The van der Waals surface area contributed by atoms with Crippen molar-refractivity contribution in [1.82, 2.24) is 0 Å². The molecule has 2 rings (SSSR count). The summed E-state index contributed by atoms with van der Waals surface area (Å²) in [5.41, 5.74) is 1.15. The first-order valence-corrected chi connectivity index (χ1v) is 6.80. The molecule has 0 unspecified atom stereocenters. The number of hydrogen-bond acceptors (Lipinski definition) is 4. The fourth-order valence-electron chi connectivity index (χ4n) is 1.85. The molecule has 0 spiro atoms. The van der Waals surface area contributed by atoms with Crippen molar-refractivity contribution in [3.8, 4) is 5.75 Å². The lowest BCUT2D eigenvalue weighted by molar-refractivity contribution is -0.136. The number of halogens is 1. The van der Waals surface area contributed by atoms with Gasteiger partial charge in [-0.1, -0.05) is 22.0 Å². The number of benzene rings is 1. The zero-order chi connectivity index (χ0) is 14.7. The summed E-state index contributed by atoms with van der Waals surface area (Å²) in [6, 6.07) is 5.46. The third kappa shape index (κ3) is 3.01. The third-order valence-corrected chi connectivity index (χ3v) is 3.44. The van der Waals surface area contributed by atoms with Crippen molar-refractivity contribution in [1.29, 1.82) is 0 Å². The number of ether oxygens (including phenoxy) is 2. The molecule has 1 aliphatic heterocycles. The summed E-state index contributed by atoms with van der Waals surface area (Å²) in [5.74, 6) is 0.0987. The second-order valence-electron chi connectivity index (χ2n) is 4.28. The Kier molecular flexibility index (Phi) is 4.44. The number of esters is 1. The summed E-state index contributed by atoms with van der Waals surface area (Å²) in [5, 5.41) is 0. The average Bonchev–Trinajstić information content (AvgIpc) is 2.45. The third-order valence-electron chi connectivity index (χ3n) is 2.95. The Balaban J connectivity index is 2.26. The van der Waals surface area contributed by atoms with Crippen LogP contribution in [0.4, 0.5) is 5.69 Å². The van der Waals surface area contributed by atoms with Gasteiger partial charge in [-0.3, -0.25) is 4.79 Å². The lowest BCUT2D eigenvalue weighted by Gasteiger charge is -2.28. The smallest absolute Gasteiger partial charge is 0.333 e. The van der Waals surface area contributed by atoms with Crippen molar-refractivity contribution in [2.24, 2.45) is 0 Å². The van der Waals surface area contributed by atoms with Crippen LogP contribution in [0.25, 0.3) is 0 Å². The van der Waals surface area contributed by atoms with Crippen LogP contribution in [0.2, 0.25) is 0 Å². The molecule has 0 bridgehead atoms. The number of carbonyl (C=O) groups excluding carboxylic acids is 2. The number of hydrogen-bond donors (Lipinski definition) is 0. The van der Waals surface area contributed by atoms with Crippen LogP contribution in [-0.4, -0.2) is 32.1 Å². The van der Waals surface area contributed by atoms with Crippen LogP contribution in [-0.2, 0) is 14.3 Å². The molecular formula is C14H14BrNO4. The Bertz CT molecular complexity index is 583. The summed E-state index contributed by atoms with van der Waals surface area (Å²) in [6.45, 7) is 1.95. The fraction of sp³-hybridized carbons (Fsp3) is 0.286. The monoisotopic (exact) mass is 339 g/mol. The molecule has 0 N–H and O–H groups in total. The van der Waals surface area contributed by atoms with Crippen LogP contribution in [0.5, 0.6) is 5.75 Å². The molecule has 6 heteroatoms. The zero-order valence-electron chi connectivity index (χ0n) is 11.2. The van der Waals surface area contributed by atoms with Gasteiger partial charge >= 0.3 is 5.97 Å². The SMILES string of the molecule is COC(=O)C(C)=CCN1C(=O)COc2ccc(Br)cc21. The highest BCUT2D eigenvalue weighted by atomic mass is 79.9. The minimum absolute atomic E-state index is 0.000254. The first-order valence-electron chi connectivity index (χ1n) is 6.00. The first kappa shape index (κ1) is 14.6. The van der Waals surface area contributed by atoms with E-state index in [1.54, 1.807) is 24.0 Å². The van der Waals surface area contributed by atoms with Crippen molar-refractivity contribution >= 4 is 33.5 Å². The molecule has 0 radical (unpaired) electrons. The van der Waals surface area contributed by atoms with Crippen LogP contribution in [0, 0.1) is 0 Å². The van der Waals surface area contributed by atoms with Crippen molar-refractivity contribution in [2.45, 2.75) is 6.92 Å². The molecule has 0 fully saturated rings. The van der Waals surface area contributed by atoms with E-state index in [9.17, 15) is 9.59 Å². The van der Waals surface area contributed by atoms with E-state index in [0.717, 1.165) is 4.47 Å². The highest BCUT2D eigenvalue weighted by Gasteiger charge is 2.25. The maximum atomic E-state index is 12.0. The van der Waals surface area contributed by atoms with E-state index in [1.807, 2.05) is 12.1 Å². The van der Waals surface area contributed by atoms with Gasteiger partial charge in [0, 0.05) is 16.6 Å². The molecule has 1 aromatic carbocycles. The number of rotatable bonds is 3. The minimum Gasteiger partial charge on any atom is -0.482 e. The Morgan fingerprint density at radius 1 is 1.55 bits per heavy atom. The van der Waals surface area contributed by atoms with Crippen molar-refractivity contribution < 1.29 is 19.1 Å². The van der Waals surface area contributed by atoms with E-state index < -0.39 is 5.97 Å². The number of methoxy groups -OCH3 is 1. The van der Waals surface area contributed by atoms with Crippen LogP contribution in [0.15, 0.2) is 34.3 Å². The van der Waals surface area contributed by atoms with Gasteiger partial charge in [0.1, 0.15) is 5.75 Å². The van der Waals surface area contributed by atoms with Gasteiger partial charge in [0.15, 0.2) is 6.61 Å². The fourth-order valence-corrected chi connectivity index (χ4v) is 2.20. The molecule has 0 saturated carbocycles. The summed E-state index contributed by atoms with van der Waals surface area (Å²) in [7, 11) is 1.33. The molecule has 0 atom stereocenters. The number of amides is 1. The molecule has 106 valence electrons. The van der Waals surface area contributed by atoms with Crippen molar-refractivity contribution in [3.05, 3.63) is 34.3 Å². The van der Waals surface area contributed by atoms with Gasteiger partial charge in [0.25, 0.3) is 5.91 Å². The minimum atomic E-state index is -0.403. The summed E-state index contributed by atoms with van der Waals surface area (Å²) < 4.78 is 10.9. The van der Waals surface area contributed by atoms with Crippen LogP contribution < -0.4 is 9.64 Å². The molecule has 5 nitrogen and oxygen atoms in total. The molecule has 0 saturated heterocycles. The number of nitrogens with zero attached hydrogens (tertiary/aromatic N) is 1. The highest BCUT2D eigenvalue weighted by Crippen LogP contribution is 2.34. The van der Waals surface area contributed by atoms with E-state index in [-0.39, 0.29) is 12.5 Å². The average molecular weight is 340 g/mol. The number of carbonyl (C=O) groups is 2. The van der Waals surface area contributed by atoms with Crippen LogP contribution >= 0.6 is 15.9 Å². The predicted molar refractivity (Wildman–Crippen MR) is 77.8 cm³/mol. The summed E-state index contributed by atoms with van der Waals surface area (Å²) >= 11 is 3.37. The molecule has 0 aromatic heterocycles. The highest BCUT2D eigenvalue weighted by molar-refractivity contribution is 9.10. The second-order valence-corrected chi connectivity index (χ2v) is 5.20. The van der Waals surface area contributed by atoms with Gasteiger partial charge in [0.05, 0.1) is 12.8 Å². The Morgan fingerprint density at radius 3 is 3.00 bits per heavy atom. The zero-order valence-corrected chi connectivity index (χ0v) is 12.8. The maximum Gasteiger partial charge on any atom is 0.333 e. The quantitative estimate of drug-likeness (QED) is 0.626. The largest absolute Gasteiger partial charge is 0.482 e. The molecule has 1 heterocycles. The van der Waals surface area contributed by atoms with Gasteiger partial charge in [-0.25, -0.2) is 4.79 Å². The standard InChI is InChI=1S/C14H14BrNO4/c1-9(14(18)19-2)5-6-16-11-7-10(15)3-4-12(11)20-8-13(16)17/h3-5,7H,6,8H2,1-2H3. The second kappa shape index (κ2) is 6.09. The van der Waals surface area contributed by atoms with Gasteiger partial charge in [-0.15, -0.1) is 0 Å². The molecule has 1 aliphatic rings. The Labute approximate surface area is 125 Å². The number of anilines is 1. The Hall–Kier alpha value is -1.82. The summed E-state index contributed by atoms with van der Waals surface area (Å²) in [6.07, 6.45) is 1.67. The molecule has 0 aliphatic carbocycles. The molecule has 1 amide bonds. The van der Waals surface area contributed by atoms with Gasteiger partial charge in [0.2, 0.25) is 0 Å². The predicted octanol–water partition coefficient (Wildman–Crippen LogP) is 2.29. The van der Waals surface area contributed by atoms with Gasteiger partial charge in [-0.05, 0) is 25.1 Å². The lowest BCUT2D eigenvalue weighted by Crippen LogP contribution is -2.39.